The van der Waals surface area contributed by atoms with Gasteiger partial charge in [0.2, 0.25) is 0 Å². The molecule has 0 aromatic carbocycles. The molecule has 1 unspecified atom stereocenters. The van der Waals surface area contributed by atoms with E-state index in [4.69, 9.17) is 4.74 Å². The molecule has 5 heteroatoms. The van der Waals surface area contributed by atoms with Gasteiger partial charge < -0.3 is 15.0 Å². The van der Waals surface area contributed by atoms with Crippen LogP contribution in [0.3, 0.4) is 0 Å². The van der Waals surface area contributed by atoms with Crippen LogP contribution in [0, 0.1) is 13.8 Å². The van der Waals surface area contributed by atoms with Crippen LogP contribution in [-0.4, -0.2) is 42.3 Å². The first-order valence-electron chi connectivity index (χ1n) is 7.61. The summed E-state index contributed by atoms with van der Waals surface area (Å²) in [7, 11) is 0. The van der Waals surface area contributed by atoms with Crippen LogP contribution in [0.1, 0.15) is 38.1 Å². The van der Waals surface area contributed by atoms with Crippen molar-refractivity contribution < 1.29 is 4.74 Å². The van der Waals surface area contributed by atoms with Gasteiger partial charge in [0.25, 0.3) is 0 Å². The molecule has 5 nitrogen and oxygen atoms in total. The Labute approximate surface area is 121 Å². The van der Waals surface area contributed by atoms with Gasteiger partial charge in [-0.2, -0.15) is 0 Å². The fourth-order valence-corrected chi connectivity index (χ4v) is 2.50. The third-order valence-corrected chi connectivity index (χ3v) is 3.67. The fraction of sp³-hybridized carbons (Fsp3) is 0.733. The Kier molecular flexibility index (Phi) is 5.17. The predicted octanol–water partition coefficient (Wildman–Crippen LogP) is 2.53. The highest BCUT2D eigenvalue weighted by molar-refractivity contribution is 5.58. The number of aryl methyl sites for hydroxylation is 1. The molecule has 1 aromatic heterocycles. The molecule has 1 saturated heterocycles. The molecular formula is C15H26N4O. The van der Waals surface area contributed by atoms with E-state index in [1.807, 2.05) is 6.92 Å². The predicted molar refractivity (Wildman–Crippen MR) is 82.5 cm³/mol. The largest absolute Gasteiger partial charge is 0.375 e. The van der Waals surface area contributed by atoms with E-state index in [1.54, 1.807) is 0 Å². The number of aromatic nitrogens is 2. The second-order valence-corrected chi connectivity index (χ2v) is 5.34. The van der Waals surface area contributed by atoms with Crippen molar-refractivity contribution in [2.24, 2.45) is 0 Å². The Bertz CT molecular complexity index is 450. The minimum atomic E-state index is 0.311. The molecule has 2 heterocycles. The van der Waals surface area contributed by atoms with Gasteiger partial charge in [0, 0.05) is 25.2 Å². The van der Waals surface area contributed by atoms with E-state index in [0.717, 1.165) is 62.1 Å². The van der Waals surface area contributed by atoms with Crippen molar-refractivity contribution >= 4 is 11.6 Å². The SMILES string of the molecule is CCCNc1nc(C)nc(N2CCOC(CC)C2)c1C. The highest BCUT2D eigenvalue weighted by Crippen LogP contribution is 2.25. The summed E-state index contributed by atoms with van der Waals surface area (Å²) in [5.41, 5.74) is 1.14. The highest BCUT2D eigenvalue weighted by atomic mass is 16.5. The summed E-state index contributed by atoms with van der Waals surface area (Å²) in [6, 6.07) is 0. The van der Waals surface area contributed by atoms with Gasteiger partial charge in [-0.1, -0.05) is 13.8 Å². The lowest BCUT2D eigenvalue weighted by Gasteiger charge is -2.34. The lowest BCUT2D eigenvalue weighted by atomic mass is 10.2. The average Bonchev–Trinajstić information content (AvgIpc) is 2.47. The van der Waals surface area contributed by atoms with E-state index in [0.29, 0.717) is 6.10 Å². The smallest absolute Gasteiger partial charge is 0.137 e. The number of nitrogens with zero attached hydrogens (tertiary/aromatic N) is 3. The lowest BCUT2D eigenvalue weighted by molar-refractivity contribution is 0.0381. The minimum Gasteiger partial charge on any atom is -0.375 e. The van der Waals surface area contributed by atoms with Gasteiger partial charge >= 0.3 is 0 Å². The topological polar surface area (TPSA) is 50.3 Å². The summed E-state index contributed by atoms with van der Waals surface area (Å²) in [6.45, 7) is 11.9. The first-order chi connectivity index (χ1) is 9.65. The van der Waals surface area contributed by atoms with Crippen molar-refractivity contribution in [2.45, 2.75) is 46.6 Å². The van der Waals surface area contributed by atoms with E-state index in [-0.39, 0.29) is 0 Å². The Morgan fingerprint density at radius 1 is 1.30 bits per heavy atom. The number of hydrogen-bond donors (Lipinski definition) is 1. The maximum Gasteiger partial charge on any atom is 0.137 e. The normalized spacial score (nSPS) is 19.2. The maximum atomic E-state index is 5.74. The molecule has 20 heavy (non-hydrogen) atoms. The number of anilines is 2. The molecule has 0 aliphatic carbocycles. The zero-order chi connectivity index (χ0) is 14.5. The molecule has 0 bridgehead atoms. The van der Waals surface area contributed by atoms with Crippen LogP contribution in [0.5, 0.6) is 0 Å². The van der Waals surface area contributed by atoms with E-state index in [2.05, 4.69) is 41.0 Å². The van der Waals surface area contributed by atoms with Crippen molar-refractivity contribution in [2.75, 3.05) is 36.5 Å². The second kappa shape index (κ2) is 6.88. The first-order valence-corrected chi connectivity index (χ1v) is 7.61. The molecule has 1 aromatic rings. The number of morpholine rings is 1. The number of hydrogen-bond acceptors (Lipinski definition) is 5. The van der Waals surface area contributed by atoms with Gasteiger partial charge in [0.05, 0.1) is 12.7 Å². The van der Waals surface area contributed by atoms with Gasteiger partial charge in [-0.25, -0.2) is 9.97 Å². The third kappa shape index (κ3) is 3.39. The Morgan fingerprint density at radius 2 is 2.10 bits per heavy atom. The van der Waals surface area contributed by atoms with Crippen LogP contribution in [0.4, 0.5) is 11.6 Å². The summed E-state index contributed by atoms with van der Waals surface area (Å²) in [6.07, 6.45) is 2.44. The Morgan fingerprint density at radius 3 is 2.80 bits per heavy atom. The summed E-state index contributed by atoms with van der Waals surface area (Å²) in [5, 5.41) is 3.40. The van der Waals surface area contributed by atoms with Crippen molar-refractivity contribution in [3.05, 3.63) is 11.4 Å². The van der Waals surface area contributed by atoms with Crippen LogP contribution >= 0.6 is 0 Å². The Balaban J connectivity index is 2.23. The molecule has 1 aliphatic rings. The van der Waals surface area contributed by atoms with E-state index < -0.39 is 0 Å². The van der Waals surface area contributed by atoms with Crippen molar-refractivity contribution in [1.29, 1.82) is 0 Å². The molecule has 1 aliphatic heterocycles. The molecular weight excluding hydrogens is 252 g/mol. The van der Waals surface area contributed by atoms with Gasteiger partial charge in [0.1, 0.15) is 17.5 Å². The van der Waals surface area contributed by atoms with Crippen LogP contribution in [0.2, 0.25) is 0 Å². The number of rotatable bonds is 5. The molecule has 2 rings (SSSR count). The summed E-state index contributed by atoms with van der Waals surface area (Å²) >= 11 is 0. The van der Waals surface area contributed by atoms with Gasteiger partial charge in [-0.05, 0) is 26.7 Å². The zero-order valence-electron chi connectivity index (χ0n) is 13.1. The average molecular weight is 278 g/mol. The lowest BCUT2D eigenvalue weighted by Crippen LogP contribution is -2.43. The standard InChI is InChI=1S/C15H26N4O/c1-5-7-16-14-11(3)15(18-12(4)17-14)19-8-9-20-13(6-2)10-19/h13H,5-10H2,1-4H3,(H,16,17,18). The molecule has 112 valence electrons. The third-order valence-electron chi connectivity index (χ3n) is 3.67. The van der Waals surface area contributed by atoms with Crippen LogP contribution < -0.4 is 10.2 Å². The molecule has 1 atom stereocenters. The summed E-state index contributed by atoms with van der Waals surface area (Å²) < 4.78 is 5.74. The quantitative estimate of drug-likeness (QED) is 0.897. The van der Waals surface area contributed by atoms with E-state index in [1.165, 1.54) is 0 Å². The molecule has 1 N–H and O–H groups in total. The minimum absolute atomic E-state index is 0.311. The highest BCUT2D eigenvalue weighted by Gasteiger charge is 2.22. The summed E-state index contributed by atoms with van der Waals surface area (Å²) in [4.78, 5) is 11.5. The molecule has 1 fully saturated rings. The fourth-order valence-electron chi connectivity index (χ4n) is 2.50. The second-order valence-electron chi connectivity index (χ2n) is 5.34. The van der Waals surface area contributed by atoms with Crippen molar-refractivity contribution in [3.8, 4) is 0 Å². The number of nitrogens with one attached hydrogen (secondary N) is 1. The van der Waals surface area contributed by atoms with Crippen LogP contribution in [-0.2, 0) is 4.74 Å². The zero-order valence-corrected chi connectivity index (χ0v) is 13.1. The van der Waals surface area contributed by atoms with Gasteiger partial charge in [0.15, 0.2) is 0 Å². The van der Waals surface area contributed by atoms with Crippen molar-refractivity contribution in [3.63, 3.8) is 0 Å². The summed E-state index contributed by atoms with van der Waals surface area (Å²) in [5.74, 6) is 2.84. The van der Waals surface area contributed by atoms with Gasteiger partial charge in [-0.15, -0.1) is 0 Å². The van der Waals surface area contributed by atoms with E-state index >= 15 is 0 Å². The molecule has 0 saturated carbocycles. The molecule has 0 amide bonds. The maximum absolute atomic E-state index is 5.74. The molecule has 0 spiro atoms. The van der Waals surface area contributed by atoms with Crippen LogP contribution in [0.25, 0.3) is 0 Å². The Hall–Kier alpha value is -1.36. The molecule has 0 radical (unpaired) electrons. The first kappa shape index (κ1) is 15.0. The van der Waals surface area contributed by atoms with E-state index in [9.17, 15) is 0 Å². The monoisotopic (exact) mass is 278 g/mol. The number of ether oxygens (including phenoxy) is 1. The van der Waals surface area contributed by atoms with Crippen LogP contribution in [0.15, 0.2) is 0 Å². The van der Waals surface area contributed by atoms with Crippen molar-refractivity contribution in [1.82, 2.24) is 9.97 Å². The van der Waals surface area contributed by atoms with Gasteiger partial charge in [-0.3, -0.25) is 0 Å².